The minimum Gasteiger partial charge on any atom is -0.494 e. The highest BCUT2D eigenvalue weighted by Crippen LogP contribution is 2.18. The molecule has 1 amide bonds. The second-order valence-corrected chi connectivity index (χ2v) is 6.72. The molecule has 1 aliphatic heterocycles. The Labute approximate surface area is 172 Å². The van der Waals surface area contributed by atoms with E-state index in [-0.39, 0.29) is 36.7 Å². The molecule has 2 atom stereocenters. The highest BCUT2D eigenvalue weighted by Gasteiger charge is 2.28. The Hall–Kier alpha value is -1.83. The van der Waals surface area contributed by atoms with Crippen molar-refractivity contribution in [3.05, 3.63) is 29.8 Å². The average molecular weight is 415 g/mol. The molecule has 0 radical (unpaired) electrons. The number of benzene rings is 1. The van der Waals surface area contributed by atoms with Gasteiger partial charge in [-0.2, -0.15) is 0 Å². The summed E-state index contributed by atoms with van der Waals surface area (Å²) in [4.78, 5) is 24.5. The number of amides is 1. The van der Waals surface area contributed by atoms with Crippen LogP contribution in [0.1, 0.15) is 25.3 Å². The zero-order chi connectivity index (χ0) is 19.6. The lowest BCUT2D eigenvalue weighted by molar-refractivity contribution is -0.145. The van der Waals surface area contributed by atoms with Gasteiger partial charge in [0.1, 0.15) is 5.75 Å². The summed E-state index contributed by atoms with van der Waals surface area (Å²) in [5.41, 5.74) is 7.06. The van der Waals surface area contributed by atoms with Crippen LogP contribution in [0.2, 0.25) is 0 Å². The first-order valence-electron chi connectivity index (χ1n) is 9.45. The Morgan fingerprint density at radius 2 is 1.89 bits per heavy atom. The summed E-state index contributed by atoms with van der Waals surface area (Å²) < 4.78 is 15.6. The minimum absolute atomic E-state index is 0. The summed E-state index contributed by atoms with van der Waals surface area (Å²) in [6.45, 7) is 3.98. The minimum atomic E-state index is -0.585. The Kier molecular flexibility index (Phi) is 10.9. The normalized spacial score (nSPS) is 16.4. The Morgan fingerprint density at radius 1 is 1.25 bits per heavy atom. The molecule has 0 saturated carbocycles. The van der Waals surface area contributed by atoms with Gasteiger partial charge >= 0.3 is 5.97 Å². The molecule has 28 heavy (non-hydrogen) atoms. The van der Waals surface area contributed by atoms with E-state index in [1.807, 2.05) is 31.2 Å². The van der Waals surface area contributed by atoms with E-state index < -0.39 is 12.0 Å². The van der Waals surface area contributed by atoms with Crippen molar-refractivity contribution < 1.29 is 23.8 Å². The molecule has 1 saturated heterocycles. The highest BCUT2D eigenvalue weighted by atomic mass is 35.5. The number of carbonyl (C=O) groups is 2. The number of methoxy groups -OCH3 is 1. The summed E-state index contributed by atoms with van der Waals surface area (Å²) in [5.74, 6) is -0.168. The maximum Gasteiger partial charge on any atom is 0.310 e. The van der Waals surface area contributed by atoms with Gasteiger partial charge in [0, 0.05) is 19.8 Å². The van der Waals surface area contributed by atoms with Crippen LogP contribution in [0, 0.1) is 11.8 Å². The molecular formula is C20H31ClN2O5. The number of nitrogens with two attached hydrogens (primary N) is 1. The number of esters is 1. The first-order valence-corrected chi connectivity index (χ1v) is 9.45. The van der Waals surface area contributed by atoms with Gasteiger partial charge in [0.25, 0.3) is 0 Å². The molecule has 0 aromatic heterocycles. The Morgan fingerprint density at radius 3 is 2.46 bits per heavy atom. The maximum absolute atomic E-state index is 12.4. The molecule has 1 aliphatic rings. The van der Waals surface area contributed by atoms with E-state index in [2.05, 4.69) is 5.32 Å². The smallest absolute Gasteiger partial charge is 0.310 e. The molecule has 0 bridgehead atoms. The molecule has 0 aliphatic carbocycles. The van der Waals surface area contributed by atoms with Gasteiger partial charge in [-0.15, -0.1) is 12.4 Å². The third-order valence-corrected chi connectivity index (χ3v) is 4.85. The second-order valence-electron chi connectivity index (χ2n) is 6.72. The van der Waals surface area contributed by atoms with Crippen molar-refractivity contribution in [2.45, 2.75) is 32.2 Å². The molecule has 8 heteroatoms. The molecule has 1 aromatic carbocycles. The van der Waals surface area contributed by atoms with Crippen LogP contribution < -0.4 is 15.8 Å². The summed E-state index contributed by atoms with van der Waals surface area (Å²) in [5, 5.41) is 2.82. The topological polar surface area (TPSA) is 99.9 Å². The number of hydrogen-bond donors (Lipinski definition) is 2. The third-order valence-electron chi connectivity index (χ3n) is 4.85. The van der Waals surface area contributed by atoms with Crippen molar-refractivity contribution in [3.63, 3.8) is 0 Å². The molecule has 3 N–H and O–H groups in total. The van der Waals surface area contributed by atoms with Gasteiger partial charge in [0.2, 0.25) is 5.91 Å². The van der Waals surface area contributed by atoms with Gasteiger partial charge in [-0.05, 0) is 49.8 Å². The molecule has 158 valence electrons. The highest BCUT2D eigenvalue weighted by molar-refractivity contribution is 5.85. The van der Waals surface area contributed by atoms with Crippen molar-refractivity contribution >= 4 is 24.3 Å². The summed E-state index contributed by atoms with van der Waals surface area (Å²) in [6.07, 6.45) is 2.02. The van der Waals surface area contributed by atoms with Crippen LogP contribution in [0.15, 0.2) is 24.3 Å². The predicted octanol–water partition coefficient (Wildman–Crippen LogP) is 1.71. The van der Waals surface area contributed by atoms with Gasteiger partial charge in [0.15, 0.2) is 0 Å². The van der Waals surface area contributed by atoms with Gasteiger partial charge in [-0.1, -0.05) is 12.1 Å². The van der Waals surface area contributed by atoms with E-state index in [1.54, 1.807) is 0 Å². The molecule has 2 rings (SSSR count). The molecule has 0 spiro atoms. The van der Waals surface area contributed by atoms with Gasteiger partial charge in [-0.25, -0.2) is 0 Å². The number of rotatable bonds is 9. The molecule has 7 nitrogen and oxygen atoms in total. The molecule has 1 fully saturated rings. The lowest BCUT2D eigenvalue weighted by Crippen LogP contribution is -2.48. The molecule has 1 heterocycles. The fourth-order valence-electron chi connectivity index (χ4n) is 3.21. The SMILES string of the molecule is CCOc1ccc(CC(CNC(=O)C(N)C2CCOCC2)C(=O)OC)cc1.Cl. The van der Waals surface area contributed by atoms with Crippen LogP contribution in [0.25, 0.3) is 0 Å². The van der Waals surface area contributed by atoms with Crippen LogP contribution in [-0.4, -0.2) is 51.4 Å². The molecular weight excluding hydrogens is 384 g/mol. The van der Waals surface area contributed by atoms with Crippen molar-refractivity contribution in [3.8, 4) is 5.75 Å². The Balaban J connectivity index is 0.00000392. The Bertz CT molecular complexity index is 605. The van der Waals surface area contributed by atoms with E-state index in [0.717, 1.165) is 24.2 Å². The van der Waals surface area contributed by atoms with E-state index in [0.29, 0.717) is 26.2 Å². The lowest BCUT2D eigenvalue weighted by Gasteiger charge is -2.27. The number of ether oxygens (including phenoxy) is 3. The summed E-state index contributed by atoms with van der Waals surface area (Å²) in [7, 11) is 1.35. The van der Waals surface area contributed by atoms with Crippen LogP contribution in [0.3, 0.4) is 0 Å². The number of hydrogen-bond acceptors (Lipinski definition) is 6. The standard InChI is InChI=1S/C20H30N2O5.ClH/c1-3-27-17-6-4-14(5-7-17)12-16(20(24)25-2)13-22-19(23)18(21)15-8-10-26-11-9-15;/h4-7,15-16,18H,3,8-13,21H2,1-2H3,(H,22,23);1H. The first kappa shape index (κ1) is 24.2. The summed E-state index contributed by atoms with van der Waals surface area (Å²) >= 11 is 0. The zero-order valence-corrected chi connectivity index (χ0v) is 17.3. The second kappa shape index (κ2) is 12.6. The third kappa shape index (κ3) is 7.30. The number of carbonyl (C=O) groups excluding carboxylic acids is 2. The zero-order valence-electron chi connectivity index (χ0n) is 16.5. The van der Waals surface area contributed by atoms with Gasteiger partial charge in [0.05, 0.1) is 25.7 Å². The monoisotopic (exact) mass is 414 g/mol. The van der Waals surface area contributed by atoms with E-state index in [1.165, 1.54) is 7.11 Å². The quantitative estimate of drug-likeness (QED) is 0.597. The molecule has 1 aromatic rings. The fraction of sp³-hybridized carbons (Fsp3) is 0.600. The van der Waals surface area contributed by atoms with E-state index in [9.17, 15) is 9.59 Å². The van der Waals surface area contributed by atoms with E-state index in [4.69, 9.17) is 19.9 Å². The lowest BCUT2D eigenvalue weighted by atomic mass is 9.91. The van der Waals surface area contributed by atoms with Crippen LogP contribution in [0.4, 0.5) is 0 Å². The summed E-state index contributed by atoms with van der Waals surface area (Å²) in [6, 6.07) is 6.98. The van der Waals surface area contributed by atoms with Gasteiger partial charge in [-0.3, -0.25) is 9.59 Å². The van der Waals surface area contributed by atoms with Gasteiger partial charge < -0.3 is 25.3 Å². The van der Waals surface area contributed by atoms with Crippen molar-refractivity contribution in [1.29, 1.82) is 0 Å². The fourth-order valence-corrected chi connectivity index (χ4v) is 3.21. The largest absolute Gasteiger partial charge is 0.494 e. The van der Waals surface area contributed by atoms with Crippen LogP contribution in [-0.2, 0) is 25.5 Å². The van der Waals surface area contributed by atoms with Crippen molar-refractivity contribution in [2.75, 3.05) is 33.5 Å². The maximum atomic E-state index is 12.4. The van der Waals surface area contributed by atoms with E-state index >= 15 is 0 Å². The predicted molar refractivity (Wildman–Crippen MR) is 109 cm³/mol. The van der Waals surface area contributed by atoms with Crippen LogP contribution >= 0.6 is 12.4 Å². The number of nitrogens with one attached hydrogen (secondary N) is 1. The van der Waals surface area contributed by atoms with Crippen LogP contribution in [0.5, 0.6) is 5.75 Å². The molecule has 2 unspecified atom stereocenters. The first-order chi connectivity index (χ1) is 13.0. The number of halogens is 1. The average Bonchev–Trinajstić information content (AvgIpc) is 2.71. The van der Waals surface area contributed by atoms with Crippen molar-refractivity contribution in [1.82, 2.24) is 5.32 Å². The van der Waals surface area contributed by atoms with Crippen molar-refractivity contribution in [2.24, 2.45) is 17.6 Å².